The van der Waals surface area contributed by atoms with E-state index in [0.29, 0.717) is 12.0 Å². The van der Waals surface area contributed by atoms with E-state index in [-0.39, 0.29) is 5.60 Å². The minimum atomic E-state index is 0.0872. The maximum absolute atomic E-state index is 5.90. The van der Waals surface area contributed by atoms with Crippen LogP contribution in [0.3, 0.4) is 0 Å². The van der Waals surface area contributed by atoms with E-state index in [0.717, 1.165) is 19.7 Å². The molecule has 2 aliphatic rings. The Hall–Kier alpha value is -0.340. The molecule has 2 nitrogen and oxygen atoms in total. The molecule has 0 aliphatic carbocycles. The lowest BCUT2D eigenvalue weighted by molar-refractivity contribution is -0.103. The van der Waals surface area contributed by atoms with Crippen molar-refractivity contribution in [3.63, 3.8) is 0 Å². The van der Waals surface area contributed by atoms with E-state index in [2.05, 4.69) is 38.7 Å². The van der Waals surface area contributed by atoms with Gasteiger partial charge in [-0.25, -0.2) is 0 Å². The second-order valence-corrected chi connectivity index (χ2v) is 5.23. The Morgan fingerprint density at radius 3 is 2.36 bits per heavy atom. The second kappa shape index (κ2) is 3.35. The van der Waals surface area contributed by atoms with Crippen molar-refractivity contribution >= 4 is 0 Å². The molecule has 14 heavy (non-hydrogen) atoms. The minimum absolute atomic E-state index is 0.0872. The molecule has 0 N–H and O–H groups in total. The third-order valence-electron chi connectivity index (χ3n) is 3.39. The smallest absolute Gasteiger partial charge is 0.112 e. The van der Waals surface area contributed by atoms with Gasteiger partial charge in [-0.05, 0) is 31.4 Å². The molecule has 0 saturated carbocycles. The van der Waals surface area contributed by atoms with Crippen molar-refractivity contribution in [2.75, 3.05) is 19.7 Å². The minimum Gasteiger partial charge on any atom is -0.364 e. The summed E-state index contributed by atoms with van der Waals surface area (Å²) in [5.41, 5.74) is 1.57. The molecule has 1 fully saturated rings. The van der Waals surface area contributed by atoms with Crippen LogP contribution in [0.1, 0.15) is 27.7 Å². The average molecular weight is 195 g/mol. The molecule has 0 aromatic carbocycles. The topological polar surface area (TPSA) is 12.5 Å². The van der Waals surface area contributed by atoms with Gasteiger partial charge in [0, 0.05) is 19.1 Å². The summed E-state index contributed by atoms with van der Waals surface area (Å²) < 4.78 is 5.90. The van der Waals surface area contributed by atoms with Crippen LogP contribution in [0.4, 0.5) is 0 Å². The number of ether oxygens (including phenoxy) is 1. The Bertz CT molecular complexity index is 249. The van der Waals surface area contributed by atoms with E-state index in [1.807, 2.05) is 0 Å². The Kier molecular flexibility index (Phi) is 2.44. The molecule has 1 spiro atoms. The number of hydrogen-bond acceptors (Lipinski definition) is 2. The summed E-state index contributed by atoms with van der Waals surface area (Å²) in [6.45, 7) is 12.0. The summed E-state index contributed by atoms with van der Waals surface area (Å²) in [6.07, 6.45) is 2.37. The first-order valence-electron chi connectivity index (χ1n) is 5.62. The lowest BCUT2D eigenvalue weighted by atomic mass is 9.90. The lowest BCUT2D eigenvalue weighted by Gasteiger charge is -2.48. The van der Waals surface area contributed by atoms with Crippen LogP contribution in [0.25, 0.3) is 0 Å². The van der Waals surface area contributed by atoms with Crippen LogP contribution >= 0.6 is 0 Å². The molecule has 80 valence electrons. The number of rotatable bonds is 2. The van der Waals surface area contributed by atoms with Gasteiger partial charge >= 0.3 is 0 Å². The highest BCUT2D eigenvalue weighted by molar-refractivity contribution is 5.24. The molecule has 0 amide bonds. The fraction of sp³-hybridized carbons (Fsp3) is 0.833. The largest absolute Gasteiger partial charge is 0.364 e. The summed E-state index contributed by atoms with van der Waals surface area (Å²) in [5.74, 6) is 0.641. The van der Waals surface area contributed by atoms with Crippen LogP contribution in [0, 0.1) is 5.92 Å². The van der Waals surface area contributed by atoms with Crippen LogP contribution in [0.15, 0.2) is 11.6 Å². The van der Waals surface area contributed by atoms with E-state index in [4.69, 9.17) is 4.74 Å². The van der Waals surface area contributed by atoms with Gasteiger partial charge in [-0.1, -0.05) is 13.8 Å². The molecular formula is C12H21NO. The standard InChI is InChI=1S/C12H21NO/c1-9(2)11-5-12(14-6-11)7-13(8-12)10(3)4/h5,9-10H,6-8H2,1-4H3. The number of hydrogen-bond donors (Lipinski definition) is 0. The van der Waals surface area contributed by atoms with Crippen LogP contribution < -0.4 is 0 Å². The van der Waals surface area contributed by atoms with Crippen molar-refractivity contribution in [1.29, 1.82) is 0 Å². The van der Waals surface area contributed by atoms with Gasteiger partial charge in [-0.15, -0.1) is 0 Å². The van der Waals surface area contributed by atoms with Gasteiger partial charge in [-0.3, -0.25) is 4.90 Å². The van der Waals surface area contributed by atoms with Crippen molar-refractivity contribution in [3.05, 3.63) is 11.6 Å². The van der Waals surface area contributed by atoms with Crippen LogP contribution in [-0.2, 0) is 4.74 Å². The molecule has 0 aromatic rings. The van der Waals surface area contributed by atoms with Crippen molar-refractivity contribution in [3.8, 4) is 0 Å². The summed E-state index contributed by atoms with van der Waals surface area (Å²) in [6, 6.07) is 0.653. The monoisotopic (exact) mass is 195 g/mol. The molecule has 2 aliphatic heterocycles. The first-order chi connectivity index (χ1) is 6.52. The van der Waals surface area contributed by atoms with Crippen LogP contribution in [0.5, 0.6) is 0 Å². The normalized spacial score (nSPS) is 26.0. The van der Waals surface area contributed by atoms with Crippen molar-refractivity contribution in [1.82, 2.24) is 4.90 Å². The maximum atomic E-state index is 5.90. The second-order valence-electron chi connectivity index (χ2n) is 5.23. The van der Waals surface area contributed by atoms with E-state index < -0.39 is 0 Å². The third-order valence-corrected chi connectivity index (χ3v) is 3.39. The van der Waals surface area contributed by atoms with E-state index >= 15 is 0 Å². The maximum Gasteiger partial charge on any atom is 0.112 e. The molecule has 2 rings (SSSR count). The molecule has 2 heterocycles. The predicted molar refractivity (Wildman–Crippen MR) is 58.3 cm³/mol. The van der Waals surface area contributed by atoms with E-state index in [1.54, 1.807) is 0 Å². The van der Waals surface area contributed by atoms with Crippen molar-refractivity contribution < 1.29 is 4.74 Å². The zero-order chi connectivity index (χ0) is 10.3. The van der Waals surface area contributed by atoms with Gasteiger partial charge < -0.3 is 4.74 Å². The molecule has 1 saturated heterocycles. The predicted octanol–water partition coefficient (Wildman–Crippen LogP) is 2.06. The van der Waals surface area contributed by atoms with Crippen LogP contribution in [-0.4, -0.2) is 36.2 Å². The van der Waals surface area contributed by atoms with Crippen LogP contribution in [0.2, 0.25) is 0 Å². The summed E-state index contributed by atoms with van der Waals surface area (Å²) in [4.78, 5) is 2.46. The summed E-state index contributed by atoms with van der Waals surface area (Å²) >= 11 is 0. The molecule has 2 heteroatoms. The van der Waals surface area contributed by atoms with Crippen molar-refractivity contribution in [2.45, 2.75) is 39.3 Å². The van der Waals surface area contributed by atoms with E-state index in [9.17, 15) is 0 Å². The zero-order valence-electron chi connectivity index (χ0n) is 9.71. The third kappa shape index (κ3) is 1.61. The van der Waals surface area contributed by atoms with Gasteiger partial charge in [0.2, 0.25) is 0 Å². The quantitative estimate of drug-likeness (QED) is 0.625. The average Bonchev–Trinajstić information content (AvgIpc) is 2.44. The first-order valence-corrected chi connectivity index (χ1v) is 5.62. The Morgan fingerprint density at radius 2 is 1.93 bits per heavy atom. The van der Waals surface area contributed by atoms with Gasteiger partial charge in [0.1, 0.15) is 5.60 Å². The Labute approximate surface area is 86.9 Å². The highest BCUT2D eigenvalue weighted by atomic mass is 16.5. The molecule has 0 unspecified atom stereocenters. The molecule has 0 radical (unpaired) electrons. The highest BCUT2D eigenvalue weighted by Gasteiger charge is 2.46. The fourth-order valence-corrected chi connectivity index (χ4v) is 2.17. The Balaban J connectivity index is 1.97. The molecule has 0 aromatic heterocycles. The number of likely N-dealkylation sites (tertiary alicyclic amines) is 1. The number of nitrogens with zero attached hydrogens (tertiary/aromatic N) is 1. The van der Waals surface area contributed by atoms with E-state index in [1.165, 1.54) is 5.57 Å². The Morgan fingerprint density at radius 1 is 1.29 bits per heavy atom. The summed E-state index contributed by atoms with van der Waals surface area (Å²) in [7, 11) is 0. The van der Waals surface area contributed by atoms with Gasteiger partial charge in [-0.2, -0.15) is 0 Å². The van der Waals surface area contributed by atoms with Gasteiger partial charge in [0.25, 0.3) is 0 Å². The molecular weight excluding hydrogens is 174 g/mol. The zero-order valence-corrected chi connectivity index (χ0v) is 9.71. The highest BCUT2D eigenvalue weighted by Crippen LogP contribution is 2.35. The molecule has 0 atom stereocenters. The van der Waals surface area contributed by atoms with Gasteiger partial charge in [0.05, 0.1) is 6.61 Å². The van der Waals surface area contributed by atoms with Gasteiger partial charge in [0.15, 0.2) is 0 Å². The lowest BCUT2D eigenvalue weighted by Crippen LogP contribution is -2.62. The fourth-order valence-electron chi connectivity index (χ4n) is 2.17. The molecule has 0 bridgehead atoms. The van der Waals surface area contributed by atoms with Crippen molar-refractivity contribution in [2.24, 2.45) is 5.92 Å². The SMILES string of the molecule is CC(C)C1=CC2(CN(C(C)C)C2)OC1. The first kappa shape index (κ1) is 10.2. The summed E-state index contributed by atoms with van der Waals surface area (Å²) in [5, 5.41) is 0.